The standard InChI is InChI=1S/C11H19N3O4S/c1-13-4-5-14(6-10(13)16)3-2-12-9(15)7-19-8-11(17)18/h2-8H2,1H3,(H,12,15)(H,17,18). The molecule has 1 aliphatic rings. The lowest BCUT2D eigenvalue weighted by Gasteiger charge is -2.31. The molecule has 0 aromatic heterocycles. The molecule has 0 radical (unpaired) electrons. The van der Waals surface area contributed by atoms with Crippen molar-refractivity contribution in [1.29, 1.82) is 0 Å². The molecule has 0 atom stereocenters. The number of nitrogens with one attached hydrogen (secondary N) is 1. The third kappa shape index (κ3) is 6.44. The minimum atomic E-state index is -0.922. The number of nitrogens with zero attached hydrogens (tertiary/aromatic N) is 2. The summed E-state index contributed by atoms with van der Waals surface area (Å²) < 4.78 is 0. The molecule has 7 nitrogen and oxygen atoms in total. The Morgan fingerprint density at radius 3 is 2.74 bits per heavy atom. The Morgan fingerprint density at radius 2 is 2.11 bits per heavy atom. The summed E-state index contributed by atoms with van der Waals surface area (Å²) >= 11 is 1.07. The van der Waals surface area contributed by atoms with Gasteiger partial charge in [0.25, 0.3) is 0 Å². The number of piperazine rings is 1. The van der Waals surface area contributed by atoms with Gasteiger partial charge in [-0.3, -0.25) is 19.3 Å². The van der Waals surface area contributed by atoms with Gasteiger partial charge in [-0.1, -0.05) is 0 Å². The number of aliphatic carboxylic acids is 1. The van der Waals surface area contributed by atoms with Gasteiger partial charge in [-0.05, 0) is 0 Å². The Kier molecular flexibility index (Phi) is 6.65. The van der Waals surface area contributed by atoms with Gasteiger partial charge in [-0.2, -0.15) is 0 Å². The quantitative estimate of drug-likeness (QED) is 0.605. The number of thioether (sulfide) groups is 1. The molecule has 0 spiro atoms. The summed E-state index contributed by atoms with van der Waals surface area (Å²) in [6.45, 7) is 3.02. The first-order valence-electron chi connectivity index (χ1n) is 6.01. The van der Waals surface area contributed by atoms with E-state index in [4.69, 9.17) is 5.11 Å². The van der Waals surface area contributed by atoms with Crippen molar-refractivity contribution < 1.29 is 19.5 Å². The van der Waals surface area contributed by atoms with Crippen LogP contribution < -0.4 is 5.32 Å². The number of likely N-dealkylation sites (N-methyl/N-ethyl adjacent to an activating group) is 1. The molecule has 0 saturated carbocycles. The lowest BCUT2D eigenvalue weighted by molar-refractivity contribution is -0.135. The molecule has 1 heterocycles. The zero-order valence-electron chi connectivity index (χ0n) is 10.9. The Labute approximate surface area is 116 Å². The third-order valence-corrected chi connectivity index (χ3v) is 3.66. The van der Waals surface area contributed by atoms with Crippen molar-refractivity contribution in [3.8, 4) is 0 Å². The zero-order valence-corrected chi connectivity index (χ0v) is 11.7. The van der Waals surface area contributed by atoms with E-state index in [1.54, 1.807) is 11.9 Å². The highest BCUT2D eigenvalue weighted by Gasteiger charge is 2.20. The largest absolute Gasteiger partial charge is 0.481 e. The van der Waals surface area contributed by atoms with Crippen LogP contribution >= 0.6 is 11.8 Å². The summed E-state index contributed by atoms with van der Waals surface area (Å²) in [5.41, 5.74) is 0. The minimum Gasteiger partial charge on any atom is -0.481 e. The first-order chi connectivity index (χ1) is 8.99. The van der Waals surface area contributed by atoms with E-state index in [1.807, 2.05) is 4.90 Å². The topological polar surface area (TPSA) is 89.9 Å². The van der Waals surface area contributed by atoms with Gasteiger partial charge in [-0.25, -0.2) is 0 Å². The molecule has 1 rings (SSSR count). The maximum Gasteiger partial charge on any atom is 0.313 e. The van der Waals surface area contributed by atoms with Crippen molar-refractivity contribution in [1.82, 2.24) is 15.1 Å². The fraction of sp³-hybridized carbons (Fsp3) is 0.727. The first kappa shape index (κ1) is 15.8. The Morgan fingerprint density at radius 1 is 1.37 bits per heavy atom. The van der Waals surface area contributed by atoms with Crippen LogP contribution in [0.3, 0.4) is 0 Å². The molecule has 108 valence electrons. The molecule has 0 aromatic rings. The fourth-order valence-electron chi connectivity index (χ4n) is 1.63. The molecule has 2 amide bonds. The molecule has 1 fully saturated rings. The lowest BCUT2D eigenvalue weighted by atomic mass is 10.3. The summed E-state index contributed by atoms with van der Waals surface area (Å²) in [6.07, 6.45) is 0. The van der Waals surface area contributed by atoms with Crippen molar-refractivity contribution in [2.45, 2.75) is 0 Å². The number of amides is 2. The number of carboxylic acids is 1. The van der Waals surface area contributed by atoms with E-state index in [0.717, 1.165) is 18.3 Å². The minimum absolute atomic E-state index is 0.0691. The van der Waals surface area contributed by atoms with Gasteiger partial charge in [0.1, 0.15) is 0 Å². The summed E-state index contributed by atoms with van der Waals surface area (Å²) in [5, 5.41) is 11.1. The van der Waals surface area contributed by atoms with Crippen LogP contribution in [0.2, 0.25) is 0 Å². The van der Waals surface area contributed by atoms with Crippen LogP contribution in [0.15, 0.2) is 0 Å². The molecule has 0 unspecified atom stereocenters. The Balaban J connectivity index is 2.08. The molecule has 0 bridgehead atoms. The normalized spacial score (nSPS) is 16.5. The second-order valence-corrected chi connectivity index (χ2v) is 5.31. The molecular formula is C11H19N3O4S. The predicted molar refractivity (Wildman–Crippen MR) is 72.0 cm³/mol. The van der Waals surface area contributed by atoms with E-state index in [0.29, 0.717) is 26.2 Å². The molecule has 19 heavy (non-hydrogen) atoms. The number of hydrogen-bond acceptors (Lipinski definition) is 5. The lowest BCUT2D eigenvalue weighted by Crippen LogP contribution is -2.50. The second kappa shape index (κ2) is 8.00. The Bertz CT molecular complexity index is 351. The van der Waals surface area contributed by atoms with Crippen molar-refractivity contribution in [2.24, 2.45) is 0 Å². The SMILES string of the molecule is CN1CCN(CCNC(=O)CSCC(=O)O)CC1=O. The molecule has 1 aliphatic heterocycles. The van der Waals surface area contributed by atoms with Crippen molar-refractivity contribution >= 4 is 29.5 Å². The highest BCUT2D eigenvalue weighted by molar-refractivity contribution is 8.00. The van der Waals surface area contributed by atoms with Gasteiger partial charge in [0.2, 0.25) is 11.8 Å². The summed E-state index contributed by atoms with van der Waals surface area (Å²) in [4.78, 5) is 36.8. The third-order valence-electron chi connectivity index (χ3n) is 2.75. The van der Waals surface area contributed by atoms with Crippen molar-refractivity contribution in [3.63, 3.8) is 0 Å². The number of carboxylic acid groups (broad SMARTS) is 1. The average molecular weight is 289 g/mol. The molecular weight excluding hydrogens is 270 g/mol. The van der Waals surface area contributed by atoms with E-state index in [1.165, 1.54) is 0 Å². The van der Waals surface area contributed by atoms with E-state index >= 15 is 0 Å². The number of rotatable bonds is 7. The predicted octanol–water partition coefficient (Wildman–Crippen LogP) is -1.31. The van der Waals surface area contributed by atoms with Crippen LogP contribution in [-0.2, 0) is 14.4 Å². The van der Waals surface area contributed by atoms with Gasteiger partial charge >= 0.3 is 5.97 Å². The molecule has 0 aromatic carbocycles. The Hall–Kier alpha value is -1.28. The summed E-state index contributed by atoms with van der Waals surface area (Å²) in [5.74, 6) is -0.927. The van der Waals surface area contributed by atoms with Crippen LogP contribution in [0.1, 0.15) is 0 Å². The number of carbonyl (C=O) groups is 3. The van der Waals surface area contributed by atoms with Crippen LogP contribution in [0.25, 0.3) is 0 Å². The van der Waals surface area contributed by atoms with Gasteiger partial charge in [-0.15, -0.1) is 11.8 Å². The van der Waals surface area contributed by atoms with E-state index in [-0.39, 0.29) is 23.3 Å². The molecule has 2 N–H and O–H groups in total. The maximum absolute atomic E-state index is 11.4. The molecule has 8 heteroatoms. The monoisotopic (exact) mass is 289 g/mol. The average Bonchev–Trinajstić information content (AvgIpc) is 2.33. The van der Waals surface area contributed by atoms with Crippen molar-refractivity contribution in [2.75, 3.05) is 51.3 Å². The number of hydrogen-bond donors (Lipinski definition) is 2. The summed E-state index contributed by atoms with van der Waals surface area (Å²) in [7, 11) is 1.78. The maximum atomic E-state index is 11.4. The van der Waals surface area contributed by atoms with Crippen LogP contribution in [0.5, 0.6) is 0 Å². The van der Waals surface area contributed by atoms with Crippen LogP contribution in [0, 0.1) is 0 Å². The van der Waals surface area contributed by atoms with Crippen LogP contribution in [-0.4, -0.2) is 84.0 Å². The van der Waals surface area contributed by atoms with Gasteiger partial charge in [0.15, 0.2) is 0 Å². The first-order valence-corrected chi connectivity index (χ1v) is 7.17. The zero-order chi connectivity index (χ0) is 14.3. The van der Waals surface area contributed by atoms with E-state index in [2.05, 4.69) is 5.32 Å². The molecule has 1 saturated heterocycles. The smallest absolute Gasteiger partial charge is 0.313 e. The highest BCUT2D eigenvalue weighted by atomic mass is 32.2. The fourth-order valence-corrected chi connectivity index (χ4v) is 2.20. The highest BCUT2D eigenvalue weighted by Crippen LogP contribution is 2.00. The van der Waals surface area contributed by atoms with Crippen molar-refractivity contribution in [3.05, 3.63) is 0 Å². The second-order valence-electron chi connectivity index (χ2n) is 4.33. The van der Waals surface area contributed by atoms with Gasteiger partial charge in [0.05, 0.1) is 18.1 Å². The van der Waals surface area contributed by atoms with E-state index < -0.39 is 5.97 Å². The van der Waals surface area contributed by atoms with Crippen LogP contribution in [0.4, 0.5) is 0 Å². The van der Waals surface area contributed by atoms with Gasteiger partial charge < -0.3 is 15.3 Å². The summed E-state index contributed by atoms with van der Waals surface area (Å²) in [6, 6.07) is 0. The van der Waals surface area contributed by atoms with E-state index in [9.17, 15) is 14.4 Å². The molecule has 0 aliphatic carbocycles. The number of carbonyl (C=O) groups excluding carboxylic acids is 2. The van der Waals surface area contributed by atoms with Gasteiger partial charge in [0, 0.05) is 33.2 Å².